The third-order valence-electron chi connectivity index (χ3n) is 9.20. The molecule has 2 aliphatic rings. The second-order valence-corrected chi connectivity index (χ2v) is 12.8. The number of esters is 2. The Balaban J connectivity index is 1.59. The molecule has 238 valence electrons. The Morgan fingerprint density at radius 3 is 1.91 bits per heavy atom. The zero-order valence-electron chi connectivity index (χ0n) is 26.3. The fraction of sp³-hybridized carbons (Fsp3) is 0.636. The molecule has 1 saturated carbocycles. The monoisotopic (exact) mass is 600 g/mol. The molecule has 3 amide bonds. The average Bonchev–Trinajstić information content (AvgIpc) is 3.19. The molecule has 3 unspecified atom stereocenters. The van der Waals surface area contributed by atoms with E-state index in [9.17, 15) is 29.4 Å². The first kappa shape index (κ1) is 34.3. The molecular weight excluding hydrogens is 552 g/mol. The van der Waals surface area contributed by atoms with Crippen molar-refractivity contribution in [1.29, 1.82) is 0 Å². The Morgan fingerprint density at radius 1 is 0.930 bits per heavy atom. The van der Waals surface area contributed by atoms with Crippen molar-refractivity contribution >= 4 is 23.9 Å². The van der Waals surface area contributed by atoms with Crippen LogP contribution in [0.3, 0.4) is 0 Å². The molecular formula is C33H48N2O8. The number of nitrogens with zero attached hydrogens (tertiary/aromatic N) is 2. The van der Waals surface area contributed by atoms with E-state index in [0.717, 1.165) is 25.7 Å². The highest BCUT2D eigenvalue weighted by Gasteiger charge is 2.60. The van der Waals surface area contributed by atoms with Crippen LogP contribution in [0.5, 0.6) is 0 Å². The summed E-state index contributed by atoms with van der Waals surface area (Å²) in [7, 11) is 0. The number of hydrogen-bond acceptors (Lipinski definition) is 8. The first-order valence-electron chi connectivity index (χ1n) is 15.3. The summed E-state index contributed by atoms with van der Waals surface area (Å²) in [5, 5.41) is 21.0. The Morgan fingerprint density at radius 2 is 1.44 bits per heavy atom. The lowest BCUT2D eigenvalue weighted by atomic mass is 9.79. The first-order chi connectivity index (χ1) is 20.2. The van der Waals surface area contributed by atoms with E-state index in [1.165, 1.54) is 34.1 Å². The Bertz CT molecular complexity index is 1170. The summed E-state index contributed by atoms with van der Waals surface area (Å²) in [6, 6.07) is 5.22. The van der Waals surface area contributed by atoms with Gasteiger partial charge in [0.25, 0.3) is 5.91 Å². The van der Waals surface area contributed by atoms with Gasteiger partial charge in [0.15, 0.2) is 0 Å². The maximum atomic E-state index is 13.7. The molecule has 0 radical (unpaired) electrons. The summed E-state index contributed by atoms with van der Waals surface area (Å²) < 4.78 is 10.5. The zero-order chi connectivity index (χ0) is 32.0. The third kappa shape index (κ3) is 7.65. The van der Waals surface area contributed by atoms with E-state index in [1.54, 1.807) is 13.0 Å². The molecule has 3 rings (SSSR count). The van der Waals surface area contributed by atoms with Crippen LogP contribution in [-0.4, -0.2) is 86.9 Å². The van der Waals surface area contributed by atoms with Gasteiger partial charge < -0.3 is 24.6 Å². The van der Waals surface area contributed by atoms with E-state index >= 15 is 0 Å². The van der Waals surface area contributed by atoms with Crippen molar-refractivity contribution in [1.82, 2.24) is 9.80 Å². The highest BCUT2D eigenvalue weighted by Crippen LogP contribution is 2.43. The van der Waals surface area contributed by atoms with Crippen LogP contribution in [0.25, 0.3) is 0 Å². The quantitative estimate of drug-likeness (QED) is 0.176. The molecule has 1 aromatic rings. The summed E-state index contributed by atoms with van der Waals surface area (Å²) in [5.41, 5.74) is -1.55. The number of rotatable bonds is 14. The highest BCUT2D eigenvalue weighted by atomic mass is 16.5. The minimum Gasteiger partial charge on any atom is -0.459 e. The molecule has 10 nitrogen and oxygen atoms in total. The molecule has 1 aliphatic carbocycles. The largest absolute Gasteiger partial charge is 0.459 e. The summed E-state index contributed by atoms with van der Waals surface area (Å²) in [4.78, 5) is 55.2. The van der Waals surface area contributed by atoms with Crippen molar-refractivity contribution in [3.8, 4) is 0 Å². The molecule has 0 aromatic heterocycles. The fourth-order valence-electron chi connectivity index (χ4n) is 5.79. The molecule has 1 saturated heterocycles. The average molecular weight is 601 g/mol. The van der Waals surface area contributed by atoms with Gasteiger partial charge in [-0.3, -0.25) is 9.69 Å². The Hall–Kier alpha value is -3.24. The topological polar surface area (TPSA) is 134 Å². The SMILES string of the molecule is C=CC(C)(CC)N1C(=O)N(CC(O)COC(=O)c2ccc(C(=O)OCC(O)CC(C)(C)CC)cc2)C2(CCCCC2)C1=O. The van der Waals surface area contributed by atoms with Gasteiger partial charge >= 0.3 is 18.0 Å². The van der Waals surface area contributed by atoms with Gasteiger partial charge in [0.1, 0.15) is 24.9 Å². The number of imide groups is 1. The molecule has 10 heteroatoms. The lowest BCUT2D eigenvalue weighted by Gasteiger charge is -2.39. The van der Waals surface area contributed by atoms with Gasteiger partial charge in [0.05, 0.1) is 29.3 Å². The Labute approximate surface area is 255 Å². The van der Waals surface area contributed by atoms with E-state index in [4.69, 9.17) is 9.47 Å². The number of hydrogen-bond donors (Lipinski definition) is 2. The molecule has 1 aromatic carbocycles. The van der Waals surface area contributed by atoms with Gasteiger partial charge in [-0.1, -0.05) is 59.5 Å². The number of β-amino-alcohol motifs (C(OH)–C–C–N with tert-alkyl or cyclic N) is 1. The van der Waals surface area contributed by atoms with Gasteiger partial charge in [-0.2, -0.15) is 0 Å². The van der Waals surface area contributed by atoms with E-state index in [-0.39, 0.29) is 42.2 Å². The van der Waals surface area contributed by atoms with Crippen LogP contribution in [0.1, 0.15) is 107 Å². The van der Waals surface area contributed by atoms with Gasteiger partial charge in [0.2, 0.25) is 0 Å². The molecule has 3 atom stereocenters. The predicted molar refractivity (Wildman–Crippen MR) is 161 cm³/mol. The van der Waals surface area contributed by atoms with Crippen LogP contribution >= 0.6 is 0 Å². The number of aliphatic hydroxyl groups is 2. The smallest absolute Gasteiger partial charge is 0.338 e. The van der Waals surface area contributed by atoms with E-state index in [0.29, 0.717) is 25.7 Å². The highest BCUT2D eigenvalue weighted by molar-refractivity contribution is 6.08. The van der Waals surface area contributed by atoms with Crippen LogP contribution in [0.2, 0.25) is 0 Å². The molecule has 0 bridgehead atoms. The van der Waals surface area contributed by atoms with Crippen LogP contribution in [0, 0.1) is 5.41 Å². The predicted octanol–water partition coefficient (Wildman–Crippen LogP) is 4.87. The maximum Gasteiger partial charge on any atom is 0.338 e. The number of benzene rings is 1. The molecule has 1 aliphatic heterocycles. The number of carbonyl (C=O) groups excluding carboxylic acids is 4. The van der Waals surface area contributed by atoms with Crippen molar-refractivity contribution < 1.29 is 38.9 Å². The summed E-state index contributed by atoms with van der Waals surface area (Å²) in [6.45, 7) is 13.0. The number of amides is 3. The summed E-state index contributed by atoms with van der Waals surface area (Å²) >= 11 is 0. The first-order valence-corrected chi connectivity index (χ1v) is 15.3. The van der Waals surface area contributed by atoms with Crippen molar-refractivity contribution in [3.05, 3.63) is 48.0 Å². The molecule has 43 heavy (non-hydrogen) atoms. The van der Waals surface area contributed by atoms with Gasteiger partial charge in [-0.05, 0) is 62.3 Å². The second kappa shape index (κ2) is 14.0. The molecule has 1 spiro atoms. The summed E-state index contributed by atoms with van der Waals surface area (Å²) in [6.07, 6.45) is 5.12. The lowest BCUT2D eigenvalue weighted by Crippen LogP contribution is -2.54. The number of carbonyl (C=O) groups is 4. The van der Waals surface area contributed by atoms with E-state index in [1.807, 2.05) is 27.7 Å². The van der Waals surface area contributed by atoms with Crippen LogP contribution in [0.15, 0.2) is 36.9 Å². The van der Waals surface area contributed by atoms with Crippen molar-refractivity contribution in [3.63, 3.8) is 0 Å². The minimum atomic E-state index is -1.21. The summed E-state index contributed by atoms with van der Waals surface area (Å²) in [5.74, 6) is -1.59. The van der Waals surface area contributed by atoms with Crippen LogP contribution in [-0.2, 0) is 14.3 Å². The van der Waals surface area contributed by atoms with Crippen molar-refractivity contribution in [2.75, 3.05) is 19.8 Å². The van der Waals surface area contributed by atoms with Gasteiger partial charge in [-0.25, -0.2) is 14.4 Å². The third-order valence-corrected chi connectivity index (χ3v) is 9.20. The second-order valence-electron chi connectivity index (χ2n) is 12.8. The van der Waals surface area contributed by atoms with E-state index < -0.39 is 41.3 Å². The van der Waals surface area contributed by atoms with Gasteiger partial charge in [-0.15, -0.1) is 6.58 Å². The van der Waals surface area contributed by atoms with Crippen molar-refractivity contribution in [2.24, 2.45) is 5.41 Å². The molecule has 2 N–H and O–H groups in total. The van der Waals surface area contributed by atoms with Crippen LogP contribution in [0.4, 0.5) is 4.79 Å². The van der Waals surface area contributed by atoms with E-state index in [2.05, 4.69) is 6.58 Å². The maximum absolute atomic E-state index is 13.7. The van der Waals surface area contributed by atoms with Crippen LogP contribution < -0.4 is 0 Å². The molecule has 2 fully saturated rings. The fourth-order valence-corrected chi connectivity index (χ4v) is 5.79. The van der Waals surface area contributed by atoms with Gasteiger partial charge in [0, 0.05) is 0 Å². The number of aliphatic hydroxyl groups excluding tert-OH is 2. The lowest BCUT2D eigenvalue weighted by molar-refractivity contribution is -0.138. The number of ether oxygens (including phenoxy) is 2. The normalized spacial score (nSPS) is 19.6. The Kier molecular flexibility index (Phi) is 11.2. The minimum absolute atomic E-state index is 0.0670. The van der Waals surface area contributed by atoms with Crippen molar-refractivity contribution in [2.45, 2.75) is 109 Å². The zero-order valence-corrected chi connectivity index (χ0v) is 26.3. The molecule has 1 heterocycles. The number of urea groups is 1. The standard InChI is InChI=1S/C33H48N2O8/c1-7-31(4,5)19-25(36)21-42-27(38)23-13-15-24(16-14-23)28(39)43-22-26(37)20-34-30(41)35(32(6,8-2)9-3)29(40)33(34)17-11-10-12-18-33/h8,13-16,25-26,36-37H,2,7,9-12,17-22H2,1,3-6H3.